The van der Waals surface area contributed by atoms with Gasteiger partial charge in [-0.2, -0.15) is 5.10 Å². The first kappa shape index (κ1) is 10.5. The summed E-state index contributed by atoms with van der Waals surface area (Å²) < 4.78 is 23.2. The van der Waals surface area contributed by atoms with E-state index in [1.165, 1.54) is 6.26 Å². The summed E-state index contributed by atoms with van der Waals surface area (Å²) in [5.41, 5.74) is 3.64. The fourth-order valence-electron chi connectivity index (χ4n) is 2.23. The average Bonchev–Trinajstić information content (AvgIpc) is 2.72. The van der Waals surface area contributed by atoms with Crippen LogP contribution in [0.15, 0.2) is 23.5 Å². The van der Waals surface area contributed by atoms with Gasteiger partial charge in [-0.3, -0.25) is 10.1 Å². The summed E-state index contributed by atoms with van der Waals surface area (Å²) in [4.78, 5) is 4.07. The maximum Gasteiger partial charge on any atom is 0.192 e. The van der Waals surface area contributed by atoms with Gasteiger partial charge in [-0.15, -0.1) is 0 Å². The number of rotatable bonds is 1. The van der Waals surface area contributed by atoms with Crippen LogP contribution in [0.4, 0.5) is 0 Å². The predicted molar refractivity (Wildman–Crippen MR) is 62.3 cm³/mol. The van der Waals surface area contributed by atoms with Crippen LogP contribution >= 0.6 is 0 Å². The molecule has 0 fully saturated rings. The van der Waals surface area contributed by atoms with E-state index in [0.29, 0.717) is 6.42 Å². The average molecular weight is 249 g/mol. The van der Waals surface area contributed by atoms with Crippen molar-refractivity contribution in [1.29, 1.82) is 0 Å². The van der Waals surface area contributed by atoms with Crippen LogP contribution in [0.25, 0.3) is 11.3 Å². The first-order chi connectivity index (χ1) is 8.07. The molecule has 1 aliphatic rings. The smallest absolute Gasteiger partial charge is 0.192 e. The summed E-state index contributed by atoms with van der Waals surface area (Å²) in [5, 5.41) is 7.02. The second kappa shape index (κ2) is 3.40. The fraction of sp³-hybridized carbons (Fsp3) is 0.273. The van der Waals surface area contributed by atoms with E-state index in [2.05, 4.69) is 15.2 Å². The molecule has 0 saturated carbocycles. The van der Waals surface area contributed by atoms with Gasteiger partial charge in [-0.25, -0.2) is 8.42 Å². The Labute approximate surface area is 98.8 Å². The number of aromatic amines is 1. The van der Waals surface area contributed by atoms with E-state index in [-0.39, 0.29) is 5.03 Å². The van der Waals surface area contributed by atoms with Crippen LogP contribution in [-0.2, 0) is 22.7 Å². The minimum Gasteiger partial charge on any atom is -0.266 e. The summed E-state index contributed by atoms with van der Waals surface area (Å²) in [6.45, 7) is 0. The van der Waals surface area contributed by atoms with Crippen LogP contribution in [0.2, 0.25) is 0 Å². The molecule has 2 heterocycles. The zero-order valence-electron chi connectivity index (χ0n) is 9.27. The Morgan fingerprint density at radius 3 is 2.94 bits per heavy atom. The normalized spacial score (nSPS) is 14.2. The number of hydrogen-bond acceptors (Lipinski definition) is 4. The van der Waals surface area contributed by atoms with Crippen molar-refractivity contribution < 1.29 is 8.42 Å². The number of nitrogens with zero attached hydrogens (tertiary/aromatic N) is 2. The van der Waals surface area contributed by atoms with Gasteiger partial charge in [0.1, 0.15) is 0 Å². The van der Waals surface area contributed by atoms with Crippen LogP contribution in [0, 0.1) is 0 Å². The van der Waals surface area contributed by atoms with Crippen molar-refractivity contribution in [3.63, 3.8) is 0 Å². The molecule has 0 aromatic carbocycles. The van der Waals surface area contributed by atoms with Crippen LogP contribution < -0.4 is 0 Å². The van der Waals surface area contributed by atoms with E-state index in [1.807, 2.05) is 12.3 Å². The van der Waals surface area contributed by atoms with Gasteiger partial charge in [-0.05, 0) is 24.5 Å². The van der Waals surface area contributed by atoms with E-state index in [9.17, 15) is 8.42 Å². The number of aryl methyl sites for hydroxylation is 1. The van der Waals surface area contributed by atoms with Gasteiger partial charge >= 0.3 is 0 Å². The number of sulfone groups is 1. The van der Waals surface area contributed by atoms with Gasteiger partial charge < -0.3 is 0 Å². The summed E-state index contributed by atoms with van der Waals surface area (Å²) in [6.07, 6.45) is 6.20. The SMILES string of the molecule is CS(=O)(=O)c1[nH]nc2c1CCc1cnccc1-2. The predicted octanol–water partition coefficient (Wildman–Crippen LogP) is 0.974. The molecule has 0 spiro atoms. The molecule has 0 bridgehead atoms. The highest BCUT2D eigenvalue weighted by Gasteiger charge is 2.26. The van der Waals surface area contributed by atoms with Crippen molar-refractivity contribution in [3.8, 4) is 11.3 Å². The maximum absolute atomic E-state index is 11.6. The lowest BCUT2D eigenvalue weighted by molar-refractivity contribution is 0.596. The van der Waals surface area contributed by atoms with Gasteiger partial charge in [0.2, 0.25) is 0 Å². The molecule has 2 aromatic heterocycles. The molecule has 0 saturated heterocycles. The summed E-state index contributed by atoms with van der Waals surface area (Å²) in [5.74, 6) is 0. The second-order valence-electron chi connectivity index (χ2n) is 4.18. The van der Waals surface area contributed by atoms with Crippen molar-refractivity contribution in [2.45, 2.75) is 17.9 Å². The Hall–Kier alpha value is -1.69. The molecule has 2 aromatic rings. The van der Waals surface area contributed by atoms with E-state index < -0.39 is 9.84 Å². The number of fused-ring (bicyclic) bond motifs is 3. The Balaban J connectivity index is 2.27. The molecule has 1 aliphatic carbocycles. The third kappa shape index (κ3) is 1.56. The minimum atomic E-state index is -3.24. The third-order valence-corrected chi connectivity index (χ3v) is 4.08. The molecule has 17 heavy (non-hydrogen) atoms. The molecular formula is C11H11N3O2S. The molecule has 0 amide bonds. The molecule has 1 N–H and O–H groups in total. The van der Waals surface area contributed by atoms with Crippen molar-refractivity contribution >= 4 is 9.84 Å². The highest BCUT2D eigenvalue weighted by molar-refractivity contribution is 7.90. The molecular weight excluding hydrogens is 238 g/mol. The minimum absolute atomic E-state index is 0.245. The van der Waals surface area contributed by atoms with Crippen molar-refractivity contribution in [1.82, 2.24) is 15.2 Å². The quantitative estimate of drug-likeness (QED) is 0.817. The third-order valence-electron chi connectivity index (χ3n) is 3.00. The zero-order chi connectivity index (χ0) is 12.0. The Kier molecular flexibility index (Phi) is 2.09. The Morgan fingerprint density at radius 2 is 2.18 bits per heavy atom. The molecule has 0 aliphatic heterocycles. The topological polar surface area (TPSA) is 75.7 Å². The van der Waals surface area contributed by atoms with Gasteiger partial charge in [0.15, 0.2) is 14.9 Å². The lowest BCUT2D eigenvalue weighted by Gasteiger charge is -2.14. The lowest BCUT2D eigenvalue weighted by atomic mass is 9.92. The summed E-state index contributed by atoms with van der Waals surface area (Å²) in [7, 11) is -3.24. The summed E-state index contributed by atoms with van der Waals surface area (Å²) in [6, 6.07) is 1.88. The highest BCUT2D eigenvalue weighted by atomic mass is 32.2. The highest BCUT2D eigenvalue weighted by Crippen LogP contribution is 2.34. The van der Waals surface area contributed by atoms with E-state index in [1.54, 1.807) is 6.20 Å². The molecule has 0 unspecified atom stereocenters. The largest absolute Gasteiger partial charge is 0.266 e. The molecule has 6 heteroatoms. The first-order valence-electron chi connectivity index (χ1n) is 5.28. The van der Waals surface area contributed by atoms with Gasteiger partial charge in [0.05, 0.1) is 5.69 Å². The van der Waals surface area contributed by atoms with Crippen molar-refractivity contribution in [2.75, 3.05) is 6.26 Å². The monoisotopic (exact) mass is 249 g/mol. The van der Waals surface area contributed by atoms with Gasteiger partial charge in [0, 0.05) is 29.8 Å². The van der Waals surface area contributed by atoms with E-state index >= 15 is 0 Å². The molecule has 88 valence electrons. The first-order valence-corrected chi connectivity index (χ1v) is 7.17. The standard InChI is InChI=1S/C11H11N3O2S/c1-17(15,16)11-9-3-2-7-6-12-5-4-8(7)10(9)13-14-11/h4-6H,2-3H2,1H3,(H,13,14). The van der Waals surface area contributed by atoms with Crippen LogP contribution in [0.3, 0.4) is 0 Å². The zero-order valence-corrected chi connectivity index (χ0v) is 10.1. The molecule has 5 nitrogen and oxygen atoms in total. The molecule has 0 radical (unpaired) electrons. The Morgan fingerprint density at radius 1 is 1.35 bits per heavy atom. The maximum atomic E-state index is 11.6. The number of pyridine rings is 1. The lowest BCUT2D eigenvalue weighted by Crippen LogP contribution is -2.07. The van der Waals surface area contributed by atoms with E-state index in [4.69, 9.17) is 0 Å². The van der Waals surface area contributed by atoms with Crippen LogP contribution in [0.5, 0.6) is 0 Å². The van der Waals surface area contributed by atoms with Crippen LogP contribution in [-0.4, -0.2) is 29.9 Å². The van der Waals surface area contributed by atoms with Gasteiger partial charge in [-0.1, -0.05) is 0 Å². The van der Waals surface area contributed by atoms with Crippen LogP contribution in [0.1, 0.15) is 11.1 Å². The number of nitrogens with one attached hydrogen (secondary N) is 1. The fourth-order valence-corrected chi connectivity index (χ4v) is 3.09. The van der Waals surface area contributed by atoms with Crippen molar-refractivity contribution in [2.24, 2.45) is 0 Å². The molecule has 0 atom stereocenters. The number of H-pyrrole nitrogens is 1. The van der Waals surface area contributed by atoms with E-state index in [0.717, 1.165) is 28.8 Å². The molecule has 3 rings (SSSR count). The van der Waals surface area contributed by atoms with Gasteiger partial charge in [0.25, 0.3) is 0 Å². The summed E-state index contributed by atoms with van der Waals surface area (Å²) >= 11 is 0. The number of aromatic nitrogens is 3. The second-order valence-corrected chi connectivity index (χ2v) is 6.14. The Bertz CT molecular complexity index is 688. The van der Waals surface area contributed by atoms with Crippen molar-refractivity contribution in [3.05, 3.63) is 29.6 Å². The number of hydrogen-bond donors (Lipinski definition) is 1.